The van der Waals surface area contributed by atoms with Crippen LogP contribution in [0, 0.1) is 0 Å². The first-order valence-corrected chi connectivity index (χ1v) is 7.32. The second kappa shape index (κ2) is 7.97. The smallest absolute Gasteiger partial charge is 0.238 e. The lowest BCUT2D eigenvalue weighted by molar-refractivity contribution is -0.117. The number of aliphatic hydroxyl groups excluding tert-OH is 2. The van der Waals surface area contributed by atoms with Crippen LogP contribution in [0.25, 0.3) is 0 Å². The molecule has 0 bridgehead atoms. The molecule has 2 rings (SSSR count). The van der Waals surface area contributed by atoms with Crippen molar-refractivity contribution in [2.45, 2.75) is 18.9 Å². The number of likely N-dealkylation sites (tertiary alicyclic amines) is 1. The molecule has 0 spiro atoms. The van der Waals surface area contributed by atoms with Crippen LogP contribution in [-0.2, 0) is 4.79 Å². The van der Waals surface area contributed by atoms with Crippen molar-refractivity contribution >= 4 is 17.3 Å². The highest BCUT2D eigenvalue weighted by atomic mass is 16.3. The lowest BCUT2D eigenvalue weighted by Crippen LogP contribution is -2.30. The summed E-state index contributed by atoms with van der Waals surface area (Å²) in [5.74, 6) is -0.00978. The van der Waals surface area contributed by atoms with Crippen molar-refractivity contribution in [2.24, 2.45) is 0 Å². The fourth-order valence-electron chi connectivity index (χ4n) is 2.35. The van der Waals surface area contributed by atoms with E-state index in [2.05, 4.69) is 15.5 Å². The fourth-order valence-corrected chi connectivity index (χ4v) is 2.35. The molecule has 1 heterocycles. The minimum Gasteiger partial charge on any atom is -0.394 e. The van der Waals surface area contributed by atoms with Gasteiger partial charge in [0.2, 0.25) is 5.91 Å². The van der Waals surface area contributed by atoms with Crippen LogP contribution in [0.2, 0.25) is 0 Å². The summed E-state index contributed by atoms with van der Waals surface area (Å²) in [6.45, 7) is 2.41. The van der Waals surface area contributed by atoms with Crippen molar-refractivity contribution in [1.29, 1.82) is 0 Å². The summed E-state index contributed by atoms with van der Waals surface area (Å²) < 4.78 is 0. The standard InChI is InChI=1S/C15H23N3O3/c19-11-14(20)9-16-12-4-3-5-13(8-12)17-15(21)10-18-6-1-2-7-18/h3-5,8,14,16,19-20H,1-2,6-7,9-11H2,(H,17,21). The molecular formula is C15H23N3O3. The Kier molecular flexibility index (Phi) is 5.98. The molecular weight excluding hydrogens is 270 g/mol. The zero-order chi connectivity index (χ0) is 15.1. The SMILES string of the molecule is O=C(CN1CCCC1)Nc1cccc(NCC(O)CO)c1. The molecule has 1 fully saturated rings. The van der Waals surface area contributed by atoms with Gasteiger partial charge in [0.05, 0.1) is 19.3 Å². The number of carbonyl (C=O) groups excluding carboxylic acids is 1. The molecule has 1 aromatic rings. The molecule has 0 saturated carbocycles. The van der Waals surface area contributed by atoms with Crippen LogP contribution in [0.1, 0.15) is 12.8 Å². The van der Waals surface area contributed by atoms with Gasteiger partial charge in [0.25, 0.3) is 0 Å². The van der Waals surface area contributed by atoms with Crippen molar-refractivity contribution < 1.29 is 15.0 Å². The monoisotopic (exact) mass is 293 g/mol. The van der Waals surface area contributed by atoms with Gasteiger partial charge >= 0.3 is 0 Å². The number of hydrogen-bond acceptors (Lipinski definition) is 5. The Hall–Kier alpha value is -1.63. The summed E-state index contributed by atoms with van der Waals surface area (Å²) in [5, 5.41) is 24.0. The summed E-state index contributed by atoms with van der Waals surface area (Å²) in [5.41, 5.74) is 1.52. The molecule has 1 amide bonds. The second-order valence-electron chi connectivity index (χ2n) is 5.33. The summed E-state index contributed by atoms with van der Waals surface area (Å²) in [7, 11) is 0. The topological polar surface area (TPSA) is 84.8 Å². The number of amides is 1. The van der Waals surface area contributed by atoms with E-state index in [0.29, 0.717) is 6.54 Å². The van der Waals surface area contributed by atoms with E-state index in [1.54, 1.807) is 0 Å². The molecule has 0 radical (unpaired) electrons. The molecule has 1 saturated heterocycles. The number of hydrogen-bond donors (Lipinski definition) is 4. The van der Waals surface area contributed by atoms with E-state index in [9.17, 15) is 9.90 Å². The van der Waals surface area contributed by atoms with Crippen LogP contribution in [0.5, 0.6) is 0 Å². The minimum atomic E-state index is -0.793. The van der Waals surface area contributed by atoms with Gasteiger partial charge in [-0.1, -0.05) is 6.07 Å². The predicted molar refractivity (Wildman–Crippen MR) is 82.3 cm³/mol. The van der Waals surface area contributed by atoms with Gasteiger partial charge in [-0.05, 0) is 44.1 Å². The molecule has 0 aliphatic carbocycles. The summed E-state index contributed by atoms with van der Waals surface area (Å²) in [4.78, 5) is 14.1. The van der Waals surface area contributed by atoms with Crippen LogP contribution in [0.15, 0.2) is 24.3 Å². The average Bonchev–Trinajstić information content (AvgIpc) is 2.97. The van der Waals surface area contributed by atoms with Crippen LogP contribution in [0.3, 0.4) is 0 Å². The zero-order valence-electron chi connectivity index (χ0n) is 12.1. The average molecular weight is 293 g/mol. The van der Waals surface area contributed by atoms with Crippen LogP contribution in [0.4, 0.5) is 11.4 Å². The third-order valence-electron chi connectivity index (χ3n) is 3.46. The van der Waals surface area contributed by atoms with Crippen molar-refractivity contribution in [2.75, 3.05) is 43.4 Å². The van der Waals surface area contributed by atoms with Gasteiger partial charge in [-0.3, -0.25) is 9.69 Å². The summed E-state index contributed by atoms with van der Waals surface area (Å²) in [6.07, 6.45) is 1.54. The number of aliphatic hydroxyl groups is 2. The van der Waals surface area contributed by atoms with E-state index >= 15 is 0 Å². The van der Waals surface area contributed by atoms with Crippen LogP contribution < -0.4 is 10.6 Å². The Morgan fingerprint density at radius 1 is 1.29 bits per heavy atom. The molecule has 116 valence electrons. The molecule has 21 heavy (non-hydrogen) atoms. The number of nitrogens with one attached hydrogen (secondary N) is 2. The van der Waals surface area contributed by atoms with Gasteiger partial charge in [-0.2, -0.15) is 0 Å². The van der Waals surface area contributed by atoms with Gasteiger partial charge in [0, 0.05) is 17.9 Å². The Morgan fingerprint density at radius 3 is 2.71 bits per heavy atom. The van der Waals surface area contributed by atoms with Crippen LogP contribution in [-0.4, -0.2) is 59.9 Å². The lowest BCUT2D eigenvalue weighted by Gasteiger charge is -2.15. The highest BCUT2D eigenvalue weighted by Gasteiger charge is 2.15. The lowest BCUT2D eigenvalue weighted by atomic mass is 10.2. The van der Waals surface area contributed by atoms with Gasteiger partial charge in [0.1, 0.15) is 0 Å². The Balaban J connectivity index is 1.83. The number of nitrogens with zero attached hydrogens (tertiary/aromatic N) is 1. The molecule has 4 N–H and O–H groups in total. The van der Waals surface area contributed by atoms with Gasteiger partial charge in [-0.15, -0.1) is 0 Å². The quantitative estimate of drug-likeness (QED) is 0.588. The molecule has 1 unspecified atom stereocenters. The first-order chi connectivity index (χ1) is 10.2. The normalized spacial score (nSPS) is 16.7. The third-order valence-corrected chi connectivity index (χ3v) is 3.46. The summed E-state index contributed by atoms with van der Waals surface area (Å²) in [6, 6.07) is 7.32. The molecule has 1 atom stereocenters. The zero-order valence-corrected chi connectivity index (χ0v) is 12.1. The first-order valence-electron chi connectivity index (χ1n) is 7.32. The Bertz CT molecular complexity index is 461. The van der Waals surface area contributed by atoms with E-state index in [0.717, 1.165) is 24.5 Å². The third kappa shape index (κ3) is 5.34. The van der Waals surface area contributed by atoms with E-state index in [1.165, 1.54) is 12.8 Å². The maximum Gasteiger partial charge on any atom is 0.238 e. The maximum atomic E-state index is 11.9. The minimum absolute atomic E-state index is 0.00978. The molecule has 6 heteroatoms. The van der Waals surface area contributed by atoms with E-state index in [1.807, 2.05) is 24.3 Å². The van der Waals surface area contributed by atoms with Crippen molar-refractivity contribution in [3.05, 3.63) is 24.3 Å². The highest BCUT2D eigenvalue weighted by molar-refractivity contribution is 5.92. The predicted octanol–water partition coefficient (Wildman–Crippen LogP) is 0.486. The number of rotatable bonds is 7. The number of carbonyl (C=O) groups is 1. The summed E-state index contributed by atoms with van der Waals surface area (Å²) >= 11 is 0. The van der Waals surface area contributed by atoms with Crippen molar-refractivity contribution in [1.82, 2.24) is 4.90 Å². The number of anilines is 2. The molecule has 6 nitrogen and oxygen atoms in total. The maximum absolute atomic E-state index is 11.9. The molecule has 1 aromatic carbocycles. The largest absolute Gasteiger partial charge is 0.394 e. The second-order valence-corrected chi connectivity index (χ2v) is 5.33. The van der Waals surface area contributed by atoms with E-state index in [-0.39, 0.29) is 19.1 Å². The molecule has 1 aliphatic heterocycles. The van der Waals surface area contributed by atoms with Gasteiger partial charge < -0.3 is 20.8 Å². The van der Waals surface area contributed by atoms with Crippen molar-refractivity contribution in [3.63, 3.8) is 0 Å². The van der Waals surface area contributed by atoms with Gasteiger partial charge in [0.15, 0.2) is 0 Å². The first kappa shape index (κ1) is 15.8. The van der Waals surface area contributed by atoms with E-state index in [4.69, 9.17) is 5.11 Å². The van der Waals surface area contributed by atoms with Crippen LogP contribution >= 0.6 is 0 Å². The van der Waals surface area contributed by atoms with Crippen molar-refractivity contribution in [3.8, 4) is 0 Å². The number of benzene rings is 1. The Labute approximate surface area is 124 Å². The molecule has 0 aromatic heterocycles. The highest BCUT2D eigenvalue weighted by Crippen LogP contribution is 2.15. The van der Waals surface area contributed by atoms with E-state index < -0.39 is 6.10 Å². The van der Waals surface area contributed by atoms with Gasteiger partial charge in [-0.25, -0.2) is 0 Å². The Morgan fingerprint density at radius 2 is 2.00 bits per heavy atom. The molecule has 1 aliphatic rings. The fraction of sp³-hybridized carbons (Fsp3) is 0.533.